The van der Waals surface area contributed by atoms with Crippen molar-refractivity contribution in [1.82, 2.24) is 5.32 Å². The number of amides is 1. The van der Waals surface area contributed by atoms with E-state index in [9.17, 15) is 32.3 Å². The van der Waals surface area contributed by atoms with Gasteiger partial charge in [-0.2, -0.15) is 13.2 Å². The van der Waals surface area contributed by atoms with Gasteiger partial charge in [0.1, 0.15) is 0 Å². The van der Waals surface area contributed by atoms with Crippen LogP contribution in [0.4, 0.5) is 17.6 Å². The summed E-state index contributed by atoms with van der Waals surface area (Å²) in [4.78, 5) is 21.7. The zero-order valence-corrected chi connectivity index (χ0v) is 10.5. The zero-order valence-electron chi connectivity index (χ0n) is 10.5. The van der Waals surface area contributed by atoms with Crippen LogP contribution in [0.25, 0.3) is 0 Å². The van der Waals surface area contributed by atoms with Crippen LogP contribution in [0.1, 0.15) is 13.8 Å². The molecule has 1 aliphatic heterocycles. The number of halogens is 4. The SMILES string of the molecule is CC(=O)O[C@@H]1[C@@H](F)[C@@H](O)O[C@H](C)[C@@H]1NC(=O)C(F)(F)F. The summed E-state index contributed by atoms with van der Waals surface area (Å²) in [6, 6.07) is -1.58. The maximum absolute atomic E-state index is 13.7. The Hall–Kier alpha value is -1.42. The molecular weight excluding hydrogens is 290 g/mol. The fourth-order valence-electron chi connectivity index (χ4n) is 1.77. The Morgan fingerprint density at radius 3 is 2.35 bits per heavy atom. The van der Waals surface area contributed by atoms with Gasteiger partial charge in [-0.05, 0) is 6.92 Å². The summed E-state index contributed by atoms with van der Waals surface area (Å²) in [6.45, 7) is 2.12. The van der Waals surface area contributed by atoms with Crippen molar-refractivity contribution in [2.45, 2.75) is 50.7 Å². The summed E-state index contributed by atoms with van der Waals surface area (Å²) in [5.41, 5.74) is 0. The standard InChI is InChI=1S/C10H13F4NO5/c1-3-6(15-9(18)10(12,13)14)7(20-4(2)16)5(11)8(17)19-3/h3,5-8,17H,1-2H3,(H,15,18)/t3-,5-,6+,7-,8+/m1/s1. The minimum atomic E-state index is -5.18. The second-order valence-corrected chi connectivity index (χ2v) is 4.25. The van der Waals surface area contributed by atoms with Crippen LogP contribution in [0.15, 0.2) is 0 Å². The highest BCUT2D eigenvalue weighted by Gasteiger charge is 2.50. The van der Waals surface area contributed by atoms with Gasteiger partial charge in [-0.15, -0.1) is 0 Å². The van der Waals surface area contributed by atoms with Crippen molar-refractivity contribution in [3.8, 4) is 0 Å². The first-order valence-electron chi connectivity index (χ1n) is 5.56. The molecule has 1 heterocycles. The maximum atomic E-state index is 13.7. The molecule has 1 amide bonds. The molecule has 0 saturated carbocycles. The number of aliphatic hydroxyl groups is 1. The van der Waals surface area contributed by atoms with Crippen LogP contribution >= 0.6 is 0 Å². The minimum Gasteiger partial charge on any atom is -0.457 e. The van der Waals surface area contributed by atoms with Gasteiger partial charge >= 0.3 is 18.1 Å². The van der Waals surface area contributed by atoms with Crippen molar-refractivity contribution < 1.29 is 41.7 Å². The van der Waals surface area contributed by atoms with Gasteiger partial charge in [0.05, 0.1) is 12.1 Å². The molecule has 0 unspecified atom stereocenters. The topological polar surface area (TPSA) is 84.9 Å². The van der Waals surface area contributed by atoms with Crippen molar-refractivity contribution >= 4 is 11.9 Å². The molecule has 116 valence electrons. The molecule has 0 aromatic rings. The molecule has 1 aliphatic rings. The Labute approximate surface area is 111 Å². The second kappa shape index (κ2) is 5.92. The molecule has 10 heteroatoms. The van der Waals surface area contributed by atoms with Crippen molar-refractivity contribution in [2.24, 2.45) is 0 Å². The summed E-state index contributed by atoms with van der Waals surface area (Å²) in [6.07, 6.45) is -12.4. The molecule has 5 atom stereocenters. The highest BCUT2D eigenvalue weighted by atomic mass is 19.4. The first kappa shape index (κ1) is 16.6. The van der Waals surface area contributed by atoms with E-state index in [1.165, 1.54) is 12.2 Å². The van der Waals surface area contributed by atoms with E-state index in [1.54, 1.807) is 0 Å². The van der Waals surface area contributed by atoms with Gasteiger partial charge in [-0.1, -0.05) is 0 Å². The van der Waals surface area contributed by atoms with E-state index in [4.69, 9.17) is 0 Å². The molecule has 0 aromatic carbocycles. The molecule has 20 heavy (non-hydrogen) atoms. The number of carbonyl (C=O) groups is 2. The van der Waals surface area contributed by atoms with Crippen molar-refractivity contribution in [3.05, 3.63) is 0 Å². The summed E-state index contributed by atoms with van der Waals surface area (Å²) in [5.74, 6) is -3.29. The Bertz CT molecular complexity index is 388. The molecule has 0 aliphatic carbocycles. The van der Waals surface area contributed by atoms with E-state index in [2.05, 4.69) is 9.47 Å². The number of alkyl halides is 4. The third-order valence-electron chi connectivity index (χ3n) is 2.66. The second-order valence-electron chi connectivity index (χ2n) is 4.25. The summed E-state index contributed by atoms with van der Waals surface area (Å²) in [7, 11) is 0. The van der Waals surface area contributed by atoms with E-state index in [1.807, 2.05) is 0 Å². The number of carbonyl (C=O) groups excluding carboxylic acids is 2. The van der Waals surface area contributed by atoms with Gasteiger partial charge in [0.2, 0.25) is 0 Å². The number of hydrogen-bond acceptors (Lipinski definition) is 5. The average Bonchev–Trinajstić information content (AvgIpc) is 2.28. The van der Waals surface area contributed by atoms with Crippen LogP contribution in [-0.2, 0) is 19.1 Å². The van der Waals surface area contributed by atoms with E-state index in [0.717, 1.165) is 6.92 Å². The lowest BCUT2D eigenvalue weighted by molar-refractivity contribution is -0.242. The fourth-order valence-corrected chi connectivity index (χ4v) is 1.77. The summed E-state index contributed by atoms with van der Waals surface area (Å²) >= 11 is 0. The molecule has 1 fully saturated rings. The van der Waals surface area contributed by atoms with Crippen LogP contribution in [0.5, 0.6) is 0 Å². The van der Waals surface area contributed by atoms with Gasteiger partial charge in [0, 0.05) is 6.92 Å². The Morgan fingerprint density at radius 1 is 1.35 bits per heavy atom. The number of esters is 1. The lowest BCUT2D eigenvalue weighted by Crippen LogP contribution is -2.63. The fraction of sp³-hybridized carbons (Fsp3) is 0.800. The van der Waals surface area contributed by atoms with E-state index < -0.39 is 48.8 Å². The Morgan fingerprint density at radius 2 is 1.90 bits per heavy atom. The number of ether oxygens (including phenoxy) is 2. The number of nitrogens with one attached hydrogen (secondary N) is 1. The Kier molecular flexibility index (Phi) is 4.92. The van der Waals surface area contributed by atoms with Crippen molar-refractivity contribution in [1.29, 1.82) is 0 Å². The molecule has 0 aromatic heterocycles. The monoisotopic (exact) mass is 303 g/mol. The molecule has 1 saturated heterocycles. The van der Waals surface area contributed by atoms with Crippen molar-refractivity contribution in [3.63, 3.8) is 0 Å². The van der Waals surface area contributed by atoms with Gasteiger partial charge in [-0.3, -0.25) is 9.59 Å². The number of hydrogen-bond donors (Lipinski definition) is 2. The molecule has 6 nitrogen and oxygen atoms in total. The van der Waals surface area contributed by atoms with Crippen LogP contribution in [0.3, 0.4) is 0 Å². The predicted molar refractivity (Wildman–Crippen MR) is 55.0 cm³/mol. The van der Waals surface area contributed by atoms with E-state index >= 15 is 0 Å². The smallest absolute Gasteiger partial charge is 0.457 e. The number of rotatable bonds is 2. The molecule has 2 N–H and O–H groups in total. The molecule has 0 radical (unpaired) electrons. The lowest BCUT2D eigenvalue weighted by Gasteiger charge is -2.40. The Balaban J connectivity index is 2.92. The van der Waals surface area contributed by atoms with Gasteiger partial charge in [0.25, 0.3) is 0 Å². The van der Waals surface area contributed by atoms with Crippen LogP contribution < -0.4 is 5.32 Å². The molecule has 0 spiro atoms. The molecular formula is C10H13F4NO5. The number of aliphatic hydroxyl groups excluding tert-OH is 1. The highest BCUT2D eigenvalue weighted by molar-refractivity contribution is 5.82. The first-order chi connectivity index (χ1) is 9.04. The third kappa shape index (κ3) is 3.79. The van der Waals surface area contributed by atoms with E-state index in [0.29, 0.717) is 0 Å². The third-order valence-corrected chi connectivity index (χ3v) is 2.66. The lowest BCUT2D eigenvalue weighted by atomic mass is 9.97. The normalized spacial score (nSPS) is 34.5. The van der Waals surface area contributed by atoms with Crippen LogP contribution in [0.2, 0.25) is 0 Å². The van der Waals surface area contributed by atoms with Crippen LogP contribution in [0, 0.1) is 0 Å². The quantitative estimate of drug-likeness (QED) is 0.556. The van der Waals surface area contributed by atoms with Crippen molar-refractivity contribution in [2.75, 3.05) is 0 Å². The summed E-state index contributed by atoms with van der Waals surface area (Å²) in [5, 5.41) is 10.7. The first-order valence-corrected chi connectivity index (χ1v) is 5.56. The predicted octanol–water partition coefficient (Wildman–Crippen LogP) is 0.0404. The maximum Gasteiger partial charge on any atom is 0.471 e. The van der Waals surface area contributed by atoms with Gasteiger partial charge in [-0.25, -0.2) is 4.39 Å². The van der Waals surface area contributed by atoms with Gasteiger partial charge in [0.15, 0.2) is 18.6 Å². The van der Waals surface area contributed by atoms with E-state index in [-0.39, 0.29) is 0 Å². The minimum absolute atomic E-state index is 0.919. The summed E-state index contributed by atoms with van der Waals surface area (Å²) < 4.78 is 59.4. The van der Waals surface area contributed by atoms with Gasteiger partial charge < -0.3 is 19.9 Å². The average molecular weight is 303 g/mol. The molecule has 0 bridgehead atoms. The van der Waals surface area contributed by atoms with Crippen LogP contribution in [-0.4, -0.2) is 53.9 Å². The largest absolute Gasteiger partial charge is 0.471 e. The molecule has 1 rings (SSSR count). The highest BCUT2D eigenvalue weighted by Crippen LogP contribution is 2.26. The zero-order chi connectivity index (χ0) is 15.7.